The number of benzene rings is 1. The Kier molecular flexibility index (Phi) is 5.04. The van der Waals surface area contributed by atoms with E-state index >= 15 is 0 Å². The zero-order chi connectivity index (χ0) is 15.5. The van der Waals surface area contributed by atoms with Gasteiger partial charge in [0, 0.05) is 13.1 Å². The number of aryl methyl sites for hydroxylation is 2. The lowest BCUT2D eigenvalue weighted by Gasteiger charge is -2.28. The molecule has 1 aliphatic rings. The molecule has 116 valence electrons. The van der Waals surface area contributed by atoms with E-state index in [9.17, 15) is 9.90 Å². The molecule has 0 fully saturated rings. The van der Waals surface area contributed by atoms with E-state index in [1.165, 1.54) is 30.4 Å². The summed E-state index contributed by atoms with van der Waals surface area (Å²) in [4.78, 5) is 14.1. The second-order valence-corrected chi connectivity index (χ2v) is 6.71. The number of aliphatic hydroxyl groups is 1. The van der Waals surface area contributed by atoms with E-state index in [1.54, 1.807) is 18.7 Å². The molecule has 0 unspecified atom stereocenters. The maximum Gasteiger partial charge on any atom is 0.227 e. The molecular weight excluding hydrogens is 262 g/mol. The predicted molar refractivity (Wildman–Crippen MR) is 85.3 cm³/mol. The monoisotopic (exact) mass is 289 g/mol. The average Bonchev–Trinajstić information content (AvgIpc) is 2.43. The zero-order valence-corrected chi connectivity index (χ0v) is 13.5. The molecule has 0 aromatic heterocycles. The predicted octanol–water partition coefficient (Wildman–Crippen LogP) is 2.73. The fourth-order valence-corrected chi connectivity index (χ4v) is 3.03. The molecule has 1 amide bonds. The van der Waals surface area contributed by atoms with E-state index < -0.39 is 5.60 Å². The smallest absolute Gasteiger partial charge is 0.227 e. The Balaban J connectivity index is 2.04. The maximum atomic E-state index is 12.4. The van der Waals surface area contributed by atoms with Gasteiger partial charge in [0.2, 0.25) is 5.91 Å². The molecule has 1 aromatic carbocycles. The molecule has 0 saturated heterocycles. The Morgan fingerprint density at radius 2 is 1.90 bits per heavy atom. The normalized spacial score (nSPS) is 14.7. The first-order chi connectivity index (χ1) is 9.89. The molecule has 3 heteroatoms. The summed E-state index contributed by atoms with van der Waals surface area (Å²) in [6, 6.07) is 6.47. The second-order valence-electron chi connectivity index (χ2n) is 6.71. The van der Waals surface area contributed by atoms with Gasteiger partial charge in [-0.3, -0.25) is 4.79 Å². The number of rotatable bonds is 5. The number of hydrogen-bond donors (Lipinski definition) is 1. The van der Waals surface area contributed by atoms with Gasteiger partial charge in [-0.25, -0.2) is 0 Å². The highest BCUT2D eigenvalue weighted by atomic mass is 16.3. The largest absolute Gasteiger partial charge is 0.389 e. The Bertz CT molecular complexity index is 502. The minimum absolute atomic E-state index is 0.0929. The molecule has 1 aromatic rings. The van der Waals surface area contributed by atoms with Crippen LogP contribution in [0.4, 0.5) is 0 Å². The van der Waals surface area contributed by atoms with Gasteiger partial charge in [-0.2, -0.15) is 0 Å². The first kappa shape index (κ1) is 16.0. The molecule has 3 nitrogen and oxygen atoms in total. The second kappa shape index (κ2) is 6.61. The molecule has 1 aliphatic carbocycles. The third-order valence-corrected chi connectivity index (χ3v) is 4.08. The highest BCUT2D eigenvalue weighted by Crippen LogP contribution is 2.22. The quantitative estimate of drug-likeness (QED) is 0.905. The summed E-state index contributed by atoms with van der Waals surface area (Å²) in [7, 11) is 0. The topological polar surface area (TPSA) is 40.5 Å². The summed E-state index contributed by atoms with van der Waals surface area (Å²) >= 11 is 0. The van der Waals surface area contributed by atoms with Crippen molar-refractivity contribution in [2.75, 3.05) is 13.1 Å². The summed E-state index contributed by atoms with van der Waals surface area (Å²) in [6.45, 7) is 6.45. The van der Waals surface area contributed by atoms with Gasteiger partial charge < -0.3 is 10.0 Å². The number of likely N-dealkylation sites (N-methyl/N-ethyl adjacent to an activating group) is 1. The number of fused-ring (bicyclic) bond motifs is 1. The molecule has 0 heterocycles. The van der Waals surface area contributed by atoms with Gasteiger partial charge in [-0.05, 0) is 63.1 Å². The van der Waals surface area contributed by atoms with E-state index in [4.69, 9.17) is 0 Å². The molecule has 0 radical (unpaired) electrons. The molecule has 0 aliphatic heterocycles. The van der Waals surface area contributed by atoms with E-state index in [0.717, 1.165) is 12.0 Å². The van der Waals surface area contributed by atoms with Gasteiger partial charge in [-0.15, -0.1) is 0 Å². The lowest BCUT2D eigenvalue weighted by molar-refractivity contribution is -0.133. The van der Waals surface area contributed by atoms with E-state index in [1.807, 2.05) is 6.92 Å². The minimum atomic E-state index is -0.846. The van der Waals surface area contributed by atoms with Gasteiger partial charge >= 0.3 is 0 Å². The van der Waals surface area contributed by atoms with Crippen molar-refractivity contribution in [1.29, 1.82) is 0 Å². The van der Waals surface area contributed by atoms with Crippen molar-refractivity contribution in [2.24, 2.45) is 0 Å². The fraction of sp³-hybridized carbons (Fsp3) is 0.611. The van der Waals surface area contributed by atoms with Crippen molar-refractivity contribution in [3.05, 3.63) is 34.9 Å². The lowest BCUT2D eigenvalue weighted by atomic mass is 9.90. The molecule has 0 spiro atoms. The van der Waals surface area contributed by atoms with Crippen molar-refractivity contribution in [3.8, 4) is 0 Å². The molecule has 0 saturated carbocycles. The Morgan fingerprint density at radius 3 is 2.52 bits per heavy atom. The van der Waals surface area contributed by atoms with Crippen LogP contribution in [-0.2, 0) is 24.1 Å². The average molecular weight is 289 g/mol. The Labute approximate surface area is 128 Å². The van der Waals surface area contributed by atoms with Crippen LogP contribution in [0.25, 0.3) is 0 Å². The van der Waals surface area contributed by atoms with Crippen LogP contribution in [0.5, 0.6) is 0 Å². The van der Waals surface area contributed by atoms with Crippen LogP contribution in [-0.4, -0.2) is 34.6 Å². The van der Waals surface area contributed by atoms with E-state index in [0.29, 0.717) is 19.5 Å². The molecule has 2 rings (SSSR count). The first-order valence-corrected chi connectivity index (χ1v) is 8.00. The number of nitrogens with zero attached hydrogens (tertiary/aromatic N) is 1. The highest BCUT2D eigenvalue weighted by molar-refractivity contribution is 5.79. The summed E-state index contributed by atoms with van der Waals surface area (Å²) in [6.07, 6.45) is 5.27. The number of carbonyl (C=O) groups is 1. The van der Waals surface area contributed by atoms with Crippen LogP contribution in [0.1, 0.15) is 50.3 Å². The first-order valence-electron chi connectivity index (χ1n) is 8.00. The summed E-state index contributed by atoms with van der Waals surface area (Å²) < 4.78 is 0. The Morgan fingerprint density at radius 1 is 1.24 bits per heavy atom. The van der Waals surface area contributed by atoms with E-state index in [-0.39, 0.29) is 5.91 Å². The van der Waals surface area contributed by atoms with Gasteiger partial charge in [0.25, 0.3) is 0 Å². The van der Waals surface area contributed by atoms with Crippen LogP contribution in [0.15, 0.2) is 18.2 Å². The summed E-state index contributed by atoms with van der Waals surface area (Å²) in [5.41, 5.74) is 3.11. The SMILES string of the molecule is CCN(CC(C)(C)O)C(=O)Cc1ccc2c(c1)CCCC2. The standard InChI is InChI=1S/C18H27NO2/c1-4-19(13-18(2,3)21)17(20)12-14-9-10-15-7-5-6-8-16(15)11-14/h9-11,21H,4-8,12-13H2,1-3H3. The van der Waals surface area contributed by atoms with Gasteiger partial charge in [0.05, 0.1) is 12.0 Å². The highest BCUT2D eigenvalue weighted by Gasteiger charge is 2.21. The summed E-state index contributed by atoms with van der Waals surface area (Å²) in [5, 5.41) is 9.90. The number of hydrogen-bond acceptors (Lipinski definition) is 2. The van der Waals surface area contributed by atoms with Crippen LogP contribution in [0.2, 0.25) is 0 Å². The van der Waals surface area contributed by atoms with Crippen molar-refractivity contribution < 1.29 is 9.90 Å². The molecule has 1 N–H and O–H groups in total. The van der Waals surface area contributed by atoms with Crippen LogP contribution < -0.4 is 0 Å². The molecular formula is C18H27NO2. The number of amides is 1. The van der Waals surface area contributed by atoms with Crippen molar-refractivity contribution in [1.82, 2.24) is 4.90 Å². The minimum Gasteiger partial charge on any atom is -0.389 e. The maximum absolute atomic E-state index is 12.4. The van der Waals surface area contributed by atoms with Crippen molar-refractivity contribution >= 4 is 5.91 Å². The molecule has 0 bridgehead atoms. The van der Waals surface area contributed by atoms with Crippen LogP contribution >= 0.6 is 0 Å². The summed E-state index contributed by atoms with van der Waals surface area (Å²) in [5.74, 6) is 0.0929. The van der Waals surface area contributed by atoms with Crippen LogP contribution in [0, 0.1) is 0 Å². The third-order valence-electron chi connectivity index (χ3n) is 4.08. The molecule has 21 heavy (non-hydrogen) atoms. The van der Waals surface area contributed by atoms with Crippen molar-refractivity contribution in [2.45, 2.75) is 58.5 Å². The Hall–Kier alpha value is -1.35. The fourth-order valence-electron chi connectivity index (χ4n) is 3.03. The number of carbonyl (C=O) groups excluding carboxylic acids is 1. The van der Waals surface area contributed by atoms with E-state index in [2.05, 4.69) is 18.2 Å². The lowest BCUT2D eigenvalue weighted by Crippen LogP contribution is -2.42. The van der Waals surface area contributed by atoms with Gasteiger partial charge in [-0.1, -0.05) is 18.2 Å². The zero-order valence-electron chi connectivity index (χ0n) is 13.5. The third kappa shape index (κ3) is 4.57. The van der Waals surface area contributed by atoms with Gasteiger partial charge in [0.1, 0.15) is 0 Å². The van der Waals surface area contributed by atoms with Crippen molar-refractivity contribution in [3.63, 3.8) is 0 Å². The van der Waals surface area contributed by atoms with Gasteiger partial charge in [0.15, 0.2) is 0 Å². The van der Waals surface area contributed by atoms with Crippen LogP contribution in [0.3, 0.4) is 0 Å². The molecule has 0 atom stereocenters.